The van der Waals surface area contributed by atoms with Gasteiger partial charge in [-0.25, -0.2) is 0 Å². The van der Waals surface area contributed by atoms with Crippen LogP contribution in [0.4, 0.5) is 0 Å². The highest BCUT2D eigenvalue weighted by atomic mass is 16.1. The van der Waals surface area contributed by atoms with Crippen LogP contribution < -0.4 is 5.56 Å². The Kier molecular flexibility index (Phi) is 2.50. The van der Waals surface area contributed by atoms with Crippen molar-refractivity contribution < 1.29 is 0 Å². The molecule has 0 radical (unpaired) electrons. The van der Waals surface area contributed by atoms with E-state index in [-0.39, 0.29) is 11.0 Å². The van der Waals surface area contributed by atoms with Crippen molar-refractivity contribution in [3.63, 3.8) is 0 Å². The maximum absolute atomic E-state index is 11.4. The van der Waals surface area contributed by atoms with Crippen LogP contribution in [0.5, 0.6) is 0 Å². The molecule has 0 aromatic carbocycles. The maximum atomic E-state index is 11.4. The van der Waals surface area contributed by atoms with Gasteiger partial charge in [0.1, 0.15) is 12.0 Å². The van der Waals surface area contributed by atoms with E-state index in [1.54, 1.807) is 0 Å². The van der Waals surface area contributed by atoms with Crippen LogP contribution in [0.25, 0.3) is 0 Å². The van der Waals surface area contributed by atoms with Crippen LogP contribution in [0.15, 0.2) is 11.1 Å². The molecule has 72 valence electrons. The van der Waals surface area contributed by atoms with E-state index in [0.29, 0.717) is 11.6 Å². The minimum absolute atomic E-state index is 0.145. The van der Waals surface area contributed by atoms with E-state index < -0.39 is 0 Å². The second-order valence-corrected chi connectivity index (χ2v) is 4.04. The molecular weight excluding hydrogens is 166 g/mol. The minimum Gasteiger partial charge on any atom is -0.310 e. The number of hydrogen-bond acceptors (Lipinski definition) is 3. The lowest BCUT2D eigenvalue weighted by molar-refractivity contribution is 0.354. The molecule has 0 bridgehead atoms. The first kappa shape index (κ1) is 9.89. The number of nitrogens with zero attached hydrogens (tertiary/aromatic N) is 2. The SMILES string of the molecule is CC(C)C(C)(C)c1nnc[nH]c1=O. The van der Waals surface area contributed by atoms with Gasteiger partial charge in [0.25, 0.3) is 5.56 Å². The van der Waals surface area contributed by atoms with Gasteiger partial charge in [-0.05, 0) is 5.92 Å². The van der Waals surface area contributed by atoms with Gasteiger partial charge in [-0.1, -0.05) is 27.7 Å². The van der Waals surface area contributed by atoms with Gasteiger partial charge in [0.2, 0.25) is 0 Å². The van der Waals surface area contributed by atoms with Crippen molar-refractivity contribution in [3.8, 4) is 0 Å². The lowest BCUT2D eigenvalue weighted by Crippen LogP contribution is -2.33. The van der Waals surface area contributed by atoms with Crippen LogP contribution in [0.1, 0.15) is 33.4 Å². The topological polar surface area (TPSA) is 58.6 Å². The highest BCUT2D eigenvalue weighted by molar-refractivity contribution is 5.09. The molecule has 0 saturated carbocycles. The van der Waals surface area contributed by atoms with E-state index in [0.717, 1.165) is 0 Å². The summed E-state index contributed by atoms with van der Waals surface area (Å²) in [5.41, 5.74) is 0.126. The largest absolute Gasteiger partial charge is 0.310 e. The Bertz CT molecular complexity index is 341. The predicted octanol–water partition coefficient (Wildman–Crippen LogP) is 1.10. The zero-order chi connectivity index (χ0) is 10.1. The van der Waals surface area contributed by atoms with E-state index in [1.807, 2.05) is 13.8 Å². The van der Waals surface area contributed by atoms with Gasteiger partial charge in [-0.2, -0.15) is 0 Å². The van der Waals surface area contributed by atoms with Crippen LogP contribution >= 0.6 is 0 Å². The molecule has 1 N–H and O–H groups in total. The van der Waals surface area contributed by atoms with Crippen LogP contribution in [0.2, 0.25) is 0 Å². The number of hydrogen-bond donors (Lipinski definition) is 1. The molecule has 1 aromatic rings. The Morgan fingerprint density at radius 1 is 1.46 bits per heavy atom. The first-order chi connectivity index (χ1) is 5.96. The smallest absolute Gasteiger partial charge is 0.273 e. The zero-order valence-corrected chi connectivity index (χ0v) is 8.46. The molecule has 0 aliphatic carbocycles. The fourth-order valence-corrected chi connectivity index (χ4v) is 0.983. The fraction of sp³-hybridized carbons (Fsp3) is 0.667. The molecular formula is C9H15N3O. The maximum Gasteiger partial charge on any atom is 0.273 e. The van der Waals surface area contributed by atoms with Gasteiger partial charge < -0.3 is 4.98 Å². The summed E-state index contributed by atoms with van der Waals surface area (Å²) < 4.78 is 0. The summed E-state index contributed by atoms with van der Waals surface area (Å²) in [4.78, 5) is 13.9. The van der Waals surface area contributed by atoms with Gasteiger partial charge >= 0.3 is 0 Å². The molecule has 0 fully saturated rings. The Morgan fingerprint density at radius 2 is 2.08 bits per heavy atom. The summed E-state index contributed by atoms with van der Waals surface area (Å²) in [6, 6.07) is 0. The molecule has 0 unspecified atom stereocenters. The van der Waals surface area contributed by atoms with E-state index in [2.05, 4.69) is 29.0 Å². The van der Waals surface area contributed by atoms with Crippen LogP contribution in [-0.4, -0.2) is 15.2 Å². The summed E-state index contributed by atoms with van der Waals surface area (Å²) in [5, 5.41) is 7.57. The molecule has 0 aliphatic heterocycles. The monoisotopic (exact) mass is 181 g/mol. The van der Waals surface area contributed by atoms with Gasteiger partial charge in [0.05, 0.1) is 0 Å². The second kappa shape index (κ2) is 3.28. The van der Waals surface area contributed by atoms with Crippen molar-refractivity contribution in [2.45, 2.75) is 33.1 Å². The first-order valence-corrected chi connectivity index (χ1v) is 4.37. The van der Waals surface area contributed by atoms with Gasteiger partial charge in [0, 0.05) is 5.41 Å². The summed E-state index contributed by atoms with van der Waals surface area (Å²) in [5.74, 6) is 0.352. The lowest BCUT2D eigenvalue weighted by Gasteiger charge is -2.26. The Morgan fingerprint density at radius 3 is 2.54 bits per heavy atom. The summed E-state index contributed by atoms with van der Waals surface area (Å²) in [6.07, 6.45) is 1.31. The Hall–Kier alpha value is -1.19. The highest BCUT2D eigenvalue weighted by Crippen LogP contribution is 2.26. The van der Waals surface area contributed by atoms with E-state index in [1.165, 1.54) is 6.33 Å². The Labute approximate surface area is 77.4 Å². The second-order valence-electron chi connectivity index (χ2n) is 4.04. The summed E-state index contributed by atoms with van der Waals surface area (Å²) in [7, 11) is 0. The fourth-order valence-electron chi connectivity index (χ4n) is 0.983. The van der Waals surface area contributed by atoms with Crippen molar-refractivity contribution in [2.75, 3.05) is 0 Å². The number of aromatic nitrogens is 3. The third kappa shape index (κ3) is 1.76. The summed E-state index contributed by atoms with van der Waals surface area (Å²) in [6.45, 7) is 8.12. The van der Waals surface area contributed by atoms with Crippen molar-refractivity contribution in [3.05, 3.63) is 22.4 Å². The average Bonchev–Trinajstić information content (AvgIpc) is 2.04. The molecule has 4 nitrogen and oxygen atoms in total. The normalized spacial score (nSPS) is 12.1. The van der Waals surface area contributed by atoms with Crippen molar-refractivity contribution in [1.29, 1.82) is 0 Å². The molecule has 0 aliphatic rings. The predicted molar refractivity (Wildman–Crippen MR) is 50.5 cm³/mol. The average molecular weight is 181 g/mol. The molecule has 0 atom stereocenters. The highest BCUT2D eigenvalue weighted by Gasteiger charge is 2.29. The standard InChI is InChI=1S/C9H15N3O/c1-6(2)9(3,4)7-8(13)10-5-11-12-7/h5-6H,1-4H3,(H,10,11,13). The third-order valence-corrected chi connectivity index (χ3v) is 2.68. The minimum atomic E-state index is -0.234. The van der Waals surface area contributed by atoms with Crippen LogP contribution in [-0.2, 0) is 5.41 Å². The quantitative estimate of drug-likeness (QED) is 0.743. The van der Waals surface area contributed by atoms with Gasteiger partial charge in [-0.3, -0.25) is 4.79 Å². The zero-order valence-electron chi connectivity index (χ0n) is 8.46. The van der Waals surface area contributed by atoms with Gasteiger partial charge in [0.15, 0.2) is 0 Å². The Balaban J connectivity index is 3.22. The van der Waals surface area contributed by atoms with E-state index in [9.17, 15) is 4.79 Å². The molecule has 0 spiro atoms. The number of nitrogens with one attached hydrogen (secondary N) is 1. The van der Waals surface area contributed by atoms with E-state index >= 15 is 0 Å². The molecule has 0 amide bonds. The first-order valence-electron chi connectivity index (χ1n) is 4.37. The molecule has 1 aromatic heterocycles. The molecule has 13 heavy (non-hydrogen) atoms. The number of H-pyrrole nitrogens is 1. The van der Waals surface area contributed by atoms with Crippen molar-refractivity contribution >= 4 is 0 Å². The molecule has 1 heterocycles. The number of aromatic amines is 1. The van der Waals surface area contributed by atoms with Crippen molar-refractivity contribution in [1.82, 2.24) is 15.2 Å². The molecule has 1 rings (SSSR count). The lowest BCUT2D eigenvalue weighted by atomic mass is 9.78. The van der Waals surface area contributed by atoms with Gasteiger partial charge in [-0.15, -0.1) is 10.2 Å². The van der Waals surface area contributed by atoms with Crippen LogP contribution in [0, 0.1) is 5.92 Å². The number of rotatable bonds is 2. The molecule has 4 heteroatoms. The van der Waals surface area contributed by atoms with E-state index in [4.69, 9.17) is 0 Å². The van der Waals surface area contributed by atoms with Crippen LogP contribution in [0.3, 0.4) is 0 Å². The summed E-state index contributed by atoms with van der Waals surface area (Å²) >= 11 is 0. The third-order valence-electron chi connectivity index (χ3n) is 2.68. The van der Waals surface area contributed by atoms with Crippen molar-refractivity contribution in [2.24, 2.45) is 5.92 Å². The molecule has 0 saturated heterocycles.